The summed E-state index contributed by atoms with van der Waals surface area (Å²) in [7, 11) is 0. The molecule has 1 heterocycles. The molecule has 0 aliphatic carbocycles. The molecule has 0 aromatic rings. The molecule has 1 N–H and O–H groups in total. The predicted molar refractivity (Wildman–Crippen MR) is 78.6 cm³/mol. The van der Waals surface area contributed by atoms with Gasteiger partial charge in [0.1, 0.15) is 6.54 Å². The minimum Gasteiger partial charge on any atom is -0.480 e. The highest BCUT2D eigenvalue weighted by atomic mass is 16.4. The molecule has 1 aliphatic rings. The van der Waals surface area contributed by atoms with Crippen molar-refractivity contribution in [1.82, 2.24) is 9.80 Å². The Kier molecular flexibility index (Phi) is 6.65. The second-order valence-corrected chi connectivity index (χ2v) is 5.91. The highest BCUT2D eigenvalue weighted by Crippen LogP contribution is 2.21. The summed E-state index contributed by atoms with van der Waals surface area (Å²) in [6.45, 7) is 7.06. The molecule has 21 heavy (non-hydrogen) atoms. The van der Waals surface area contributed by atoms with Gasteiger partial charge >= 0.3 is 5.97 Å². The standard InChI is InChI=1S/C15H26N2O4/c1-4-7-17(10-13(18)19)15(21)12-5-8-16(9-6-12)14(20)11(2)3/h11-12H,4-10H2,1-3H3,(H,18,19). The van der Waals surface area contributed by atoms with Crippen molar-refractivity contribution in [2.24, 2.45) is 11.8 Å². The number of hydrogen-bond acceptors (Lipinski definition) is 3. The van der Waals surface area contributed by atoms with Crippen molar-refractivity contribution in [3.8, 4) is 0 Å². The molecule has 1 aliphatic heterocycles. The first-order chi connectivity index (χ1) is 9.86. The Labute approximate surface area is 126 Å². The summed E-state index contributed by atoms with van der Waals surface area (Å²) in [5, 5.41) is 8.89. The Bertz CT molecular complexity index is 387. The Hall–Kier alpha value is -1.59. The van der Waals surface area contributed by atoms with Gasteiger partial charge < -0.3 is 14.9 Å². The summed E-state index contributed by atoms with van der Waals surface area (Å²) in [4.78, 5) is 38.4. The topological polar surface area (TPSA) is 77.9 Å². The number of rotatable bonds is 6. The highest BCUT2D eigenvalue weighted by Gasteiger charge is 2.31. The van der Waals surface area contributed by atoms with E-state index in [4.69, 9.17) is 5.11 Å². The molecule has 2 amide bonds. The van der Waals surface area contributed by atoms with Gasteiger partial charge in [-0.25, -0.2) is 0 Å². The normalized spacial score (nSPS) is 16.1. The molecular weight excluding hydrogens is 272 g/mol. The lowest BCUT2D eigenvalue weighted by molar-refractivity contribution is -0.148. The Morgan fingerprint density at radius 1 is 1.24 bits per heavy atom. The monoisotopic (exact) mass is 298 g/mol. The predicted octanol–water partition coefficient (Wildman–Crippen LogP) is 1.20. The number of carboxylic acid groups (broad SMARTS) is 1. The molecule has 120 valence electrons. The van der Waals surface area contributed by atoms with Gasteiger partial charge in [-0.05, 0) is 19.3 Å². The van der Waals surface area contributed by atoms with Gasteiger partial charge in [0.2, 0.25) is 11.8 Å². The van der Waals surface area contributed by atoms with Crippen molar-refractivity contribution in [1.29, 1.82) is 0 Å². The smallest absolute Gasteiger partial charge is 0.323 e. The molecule has 0 radical (unpaired) electrons. The van der Waals surface area contributed by atoms with Crippen molar-refractivity contribution < 1.29 is 19.5 Å². The first-order valence-electron chi connectivity index (χ1n) is 7.66. The van der Waals surface area contributed by atoms with Crippen LogP contribution < -0.4 is 0 Å². The maximum atomic E-state index is 12.4. The Morgan fingerprint density at radius 3 is 2.24 bits per heavy atom. The van der Waals surface area contributed by atoms with Crippen molar-refractivity contribution in [3.05, 3.63) is 0 Å². The lowest BCUT2D eigenvalue weighted by Crippen LogP contribution is -2.46. The van der Waals surface area contributed by atoms with Crippen LogP contribution in [0.3, 0.4) is 0 Å². The van der Waals surface area contributed by atoms with E-state index in [1.807, 2.05) is 20.8 Å². The average molecular weight is 298 g/mol. The summed E-state index contributed by atoms with van der Waals surface area (Å²) in [6, 6.07) is 0. The van der Waals surface area contributed by atoms with Crippen molar-refractivity contribution in [2.45, 2.75) is 40.0 Å². The lowest BCUT2D eigenvalue weighted by Gasteiger charge is -2.34. The number of carboxylic acids is 1. The molecule has 1 saturated heterocycles. The minimum atomic E-state index is -0.982. The van der Waals surface area contributed by atoms with Crippen LogP contribution in [0.15, 0.2) is 0 Å². The second kappa shape index (κ2) is 8.00. The Balaban J connectivity index is 2.57. The molecule has 0 bridgehead atoms. The van der Waals surface area contributed by atoms with Gasteiger partial charge in [-0.1, -0.05) is 20.8 Å². The summed E-state index contributed by atoms with van der Waals surface area (Å²) in [6.07, 6.45) is 1.98. The van der Waals surface area contributed by atoms with Gasteiger partial charge in [0.05, 0.1) is 0 Å². The zero-order valence-corrected chi connectivity index (χ0v) is 13.2. The maximum absolute atomic E-state index is 12.4. The fourth-order valence-electron chi connectivity index (χ4n) is 2.67. The van der Waals surface area contributed by atoms with Gasteiger partial charge in [0.25, 0.3) is 0 Å². The van der Waals surface area contributed by atoms with E-state index in [0.717, 1.165) is 6.42 Å². The third-order valence-corrected chi connectivity index (χ3v) is 3.78. The summed E-state index contributed by atoms with van der Waals surface area (Å²) >= 11 is 0. The summed E-state index contributed by atoms with van der Waals surface area (Å²) in [5.74, 6) is -1.13. The van der Waals surface area contributed by atoms with Gasteiger partial charge in [-0.2, -0.15) is 0 Å². The summed E-state index contributed by atoms with van der Waals surface area (Å²) < 4.78 is 0. The van der Waals surface area contributed by atoms with E-state index in [2.05, 4.69) is 0 Å². The van der Waals surface area contributed by atoms with E-state index in [1.165, 1.54) is 4.90 Å². The SMILES string of the molecule is CCCN(CC(=O)O)C(=O)C1CCN(C(=O)C(C)C)CC1. The van der Waals surface area contributed by atoms with Crippen LogP contribution in [0.2, 0.25) is 0 Å². The first kappa shape index (κ1) is 17.5. The summed E-state index contributed by atoms with van der Waals surface area (Å²) in [5.41, 5.74) is 0. The molecule has 0 atom stereocenters. The molecule has 0 aromatic carbocycles. The lowest BCUT2D eigenvalue weighted by atomic mass is 9.94. The van der Waals surface area contributed by atoms with Crippen molar-refractivity contribution in [2.75, 3.05) is 26.2 Å². The van der Waals surface area contributed by atoms with Crippen LogP contribution in [-0.2, 0) is 14.4 Å². The number of amides is 2. The van der Waals surface area contributed by atoms with Gasteiger partial charge in [0.15, 0.2) is 0 Å². The van der Waals surface area contributed by atoms with Crippen LogP contribution in [0.5, 0.6) is 0 Å². The number of hydrogen-bond donors (Lipinski definition) is 1. The largest absolute Gasteiger partial charge is 0.480 e. The molecular formula is C15H26N2O4. The van der Waals surface area contributed by atoms with E-state index in [0.29, 0.717) is 32.5 Å². The first-order valence-corrected chi connectivity index (χ1v) is 7.66. The quantitative estimate of drug-likeness (QED) is 0.799. The van der Waals surface area contributed by atoms with Crippen LogP contribution in [0.4, 0.5) is 0 Å². The van der Waals surface area contributed by atoms with Gasteiger partial charge in [0, 0.05) is 31.5 Å². The van der Waals surface area contributed by atoms with Crippen LogP contribution in [0.1, 0.15) is 40.0 Å². The van der Waals surface area contributed by atoms with E-state index >= 15 is 0 Å². The van der Waals surface area contributed by atoms with Gasteiger partial charge in [-0.3, -0.25) is 14.4 Å². The molecule has 6 nitrogen and oxygen atoms in total. The zero-order chi connectivity index (χ0) is 16.0. The number of aliphatic carboxylic acids is 1. The number of carbonyl (C=O) groups excluding carboxylic acids is 2. The fourth-order valence-corrected chi connectivity index (χ4v) is 2.67. The third-order valence-electron chi connectivity index (χ3n) is 3.78. The van der Waals surface area contributed by atoms with Crippen LogP contribution in [0, 0.1) is 11.8 Å². The van der Waals surface area contributed by atoms with Crippen LogP contribution in [0.25, 0.3) is 0 Å². The molecule has 0 aromatic heterocycles. The zero-order valence-electron chi connectivity index (χ0n) is 13.2. The molecule has 1 rings (SSSR count). The van der Waals surface area contributed by atoms with E-state index in [1.54, 1.807) is 4.90 Å². The van der Waals surface area contributed by atoms with Crippen LogP contribution >= 0.6 is 0 Å². The van der Waals surface area contributed by atoms with Gasteiger partial charge in [-0.15, -0.1) is 0 Å². The van der Waals surface area contributed by atoms with Crippen molar-refractivity contribution in [3.63, 3.8) is 0 Å². The number of likely N-dealkylation sites (tertiary alicyclic amines) is 1. The molecule has 1 fully saturated rings. The minimum absolute atomic E-state index is 0.0270. The second-order valence-electron chi connectivity index (χ2n) is 5.91. The average Bonchev–Trinajstić information content (AvgIpc) is 2.45. The molecule has 0 spiro atoms. The molecule has 0 unspecified atom stereocenters. The van der Waals surface area contributed by atoms with E-state index < -0.39 is 5.97 Å². The van der Waals surface area contributed by atoms with Crippen molar-refractivity contribution >= 4 is 17.8 Å². The maximum Gasteiger partial charge on any atom is 0.323 e. The third kappa shape index (κ3) is 5.02. The fraction of sp³-hybridized carbons (Fsp3) is 0.800. The molecule has 0 saturated carbocycles. The number of piperidine rings is 1. The Morgan fingerprint density at radius 2 is 1.81 bits per heavy atom. The van der Waals surface area contributed by atoms with E-state index in [9.17, 15) is 14.4 Å². The number of carbonyl (C=O) groups is 3. The van der Waals surface area contributed by atoms with E-state index in [-0.39, 0.29) is 30.2 Å². The molecule has 6 heteroatoms. The highest BCUT2D eigenvalue weighted by molar-refractivity contribution is 5.83. The van der Waals surface area contributed by atoms with Crippen LogP contribution in [-0.4, -0.2) is 58.9 Å². The number of nitrogens with zero attached hydrogens (tertiary/aromatic N) is 2.